The Bertz CT molecular complexity index is 1150. The number of rotatable bonds is 5. The van der Waals surface area contributed by atoms with Crippen LogP contribution in [0.3, 0.4) is 0 Å². The number of aromatic nitrogens is 1. The molecule has 4 rings (SSSR count). The molecule has 0 unspecified atom stereocenters. The van der Waals surface area contributed by atoms with Gasteiger partial charge in [-0.3, -0.25) is 10.1 Å². The summed E-state index contributed by atoms with van der Waals surface area (Å²) in [7, 11) is 0. The lowest BCUT2D eigenvalue weighted by Crippen LogP contribution is -2.34. The number of benzene rings is 3. The molecule has 0 spiro atoms. The fourth-order valence-electron chi connectivity index (χ4n) is 3.00. The number of hydrogen-bond donors (Lipinski definition) is 3. The number of aromatic amines is 1. The maximum Gasteiger partial charge on any atom is 0.259 e. The van der Waals surface area contributed by atoms with Gasteiger partial charge >= 0.3 is 0 Å². The highest BCUT2D eigenvalue weighted by atomic mass is 32.1. The minimum absolute atomic E-state index is 0.223. The second-order valence-corrected chi connectivity index (χ2v) is 6.87. The van der Waals surface area contributed by atoms with Gasteiger partial charge in [-0.1, -0.05) is 54.6 Å². The lowest BCUT2D eigenvalue weighted by atomic mass is 10.1. The van der Waals surface area contributed by atoms with Gasteiger partial charge in [0.1, 0.15) is 12.4 Å². The van der Waals surface area contributed by atoms with E-state index in [1.54, 1.807) is 6.20 Å². The number of para-hydroxylation sites is 1. The van der Waals surface area contributed by atoms with Gasteiger partial charge in [0.2, 0.25) is 0 Å². The summed E-state index contributed by atoms with van der Waals surface area (Å²) in [5.41, 5.74) is 3.27. The summed E-state index contributed by atoms with van der Waals surface area (Å²) in [6, 6.07) is 25.0. The molecule has 0 aliphatic carbocycles. The molecule has 0 aliphatic rings. The minimum atomic E-state index is -0.267. The molecule has 0 saturated carbocycles. The summed E-state index contributed by atoms with van der Waals surface area (Å²) in [5.74, 6) is 0.445. The predicted octanol–water partition coefficient (Wildman–Crippen LogP) is 4.87. The lowest BCUT2D eigenvalue weighted by Gasteiger charge is -2.11. The van der Waals surface area contributed by atoms with Gasteiger partial charge in [-0.2, -0.15) is 0 Å². The number of carbonyl (C=O) groups excluding carboxylic acids is 1. The van der Waals surface area contributed by atoms with Crippen LogP contribution in [-0.4, -0.2) is 16.0 Å². The minimum Gasteiger partial charge on any atom is -0.489 e. The highest BCUT2D eigenvalue weighted by Crippen LogP contribution is 2.20. The van der Waals surface area contributed by atoms with Crippen LogP contribution in [0, 0.1) is 0 Å². The highest BCUT2D eigenvalue weighted by Gasteiger charge is 2.13. The molecule has 0 aliphatic heterocycles. The van der Waals surface area contributed by atoms with Crippen molar-refractivity contribution >= 4 is 39.8 Å². The Morgan fingerprint density at radius 1 is 0.966 bits per heavy atom. The number of carbonyl (C=O) groups is 1. The Labute approximate surface area is 173 Å². The van der Waals surface area contributed by atoms with E-state index in [9.17, 15) is 4.79 Å². The molecule has 1 heterocycles. The van der Waals surface area contributed by atoms with Crippen molar-refractivity contribution in [3.63, 3.8) is 0 Å². The molecule has 0 radical (unpaired) electrons. The van der Waals surface area contributed by atoms with E-state index < -0.39 is 0 Å². The van der Waals surface area contributed by atoms with Crippen molar-refractivity contribution in [3.8, 4) is 5.75 Å². The molecular weight excluding hydrogens is 382 g/mol. The SMILES string of the molecule is O=C(NC(=S)Nc1cccc(OCc2ccccc2)c1)c1c[nH]c2ccccc12. The van der Waals surface area contributed by atoms with Gasteiger partial charge < -0.3 is 15.0 Å². The zero-order chi connectivity index (χ0) is 20.1. The van der Waals surface area contributed by atoms with Crippen molar-refractivity contribution in [2.75, 3.05) is 5.32 Å². The largest absolute Gasteiger partial charge is 0.489 e. The van der Waals surface area contributed by atoms with Crippen LogP contribution in [0.25, 0.3) is 10.9 Å². The Morgan fingerprint density at radius 2 is 1.76 bits per heavy atom. The Kier molecular flexibility index (Phi) is 5.54. The number of ether oxygens (including phenoxy) is 1. The number of fused-ring (bicyclic) bond motifs is 1. The van der Waals surface area contributed by atoms with Crippen molar-refractivity contribution in [3.05, 3.63) is 96.2 Å². The quantitative estimate of drug-likeness (QED) is 0.417. The van der Waals surface area contributed by atoms with E-state index in [1.165, 1.54) is 0 Å². The molecule has 0 atom stereocenters. The van der Waals surface area contributed by atoms with Crippen molar-refractivity contribution < 1.29 is 9.53 Å². The van der Waals surface area contributed by atoms with Crippen molar-refractivity contribution in [2.45, 2.75) is 6.61 Å². The van der Waals surface area contributed by atoms with E-state index >= 15 is 0 Å². The fourth-order valence-corrected chi connectivity index (χ4v) is 3.21. The Morgan fingerprint density at radius 3 is 2.62 bits per heavy atom. The molecule has 4 aromatic rings. The van der Waals surface area contributed by atoms with Crippen LogP contribution in [0.2, 0.25) is 0 Å². The van der Waals surface area contributed by atoms with Gasteiger partial charge in [0.05, 0.1) is 5.56 Å². The van der Waals surface area contributed by atoms with Gasteiger partial charge in [0.25, 0.3) is 5.91 Å². The molecule has 0 bridgehead atoms. The zero-order valence-electron chi connectivity index (χ0n) is 15.5. The average molecular weight is 401 g/mol. The zero-order valence-corrected chi connectivity index (χ0v) is 16.3. The van der Waals surface area contributed by atoms with Gasteiger partial charge in [0.15, 0.2) is 5.11 Å². The molecular formula is C23H19N3O2S. The topological polar surface area (TPSA) is 66.2 Å². The first-order chi connectivity index (χ1) is 14.2. The number of thiocarbonyl (C=S) groups is 1. The summed E-state index contributed by atoms with van der Waals surface area (Å²) < 4.78 is 5.83. The maximum absolute atomic E-state index is 12.6. The Hall–Kier alpha value is -3.64. The molecule has 144 valence electrons. The van der Waals surface area contributed by atoms with Gasteiger partial charge in [-0.25, -0.2) is 0 Å². The number of amides is 1. The number of hydrogen-bond acceptors (Lipinski definition) is 3. The van der Waals surface area contributed by atoms with Crippen LogP contribution < -0.4 is 15.4 Å². The highest BCUT2D eigenvalue weighted by molar-refractivity contribution is 7.80. The summed E-state index contributed by atoms with van der Waals surface area (Å²) in [5, 5.41) is 6.83. The van der Waals surface area contributed by atoms with Crippen molar-refractivity contribution in [1.29, 1.82) is 0 Å². The molecule has 6 heteroatoms. The lowest BCUT2D eigenvalue weighted by molar-refractivity contribution is 0.0979. The van der Waals surface area contributed by atoms with Gasteiger partial charge in [-0.05, 0) is 36.0 Å². The van der Waals surface area contributed by atoms with Crippen LogP contribution >= 0.6 is 12.2 Å². The van der Waals surface area contributed by atoms with E-state index in [4.69, 9.17) is 17.0 Å². The molecule has 0 saturated heterocycles. The first kappa shape index (κ1) is 18.7. The predicted molar refractivity (Wildman–Crippen MR) is 119 cm³/mol. The van der Waals surface area contributed by atoms with Crippen LogP contribution in [-0.2, 0) is 6.61 Å². The number of H-pyrrole nitrogens is 1. The second kappa shape index (κ2) is 8.58. The molecule has 1 amide bonds. The first-order valence-electron chi connectivity index (χ1n) is 9.14. The van der Waals surface area contributed by atoms with E-state index in [-0.39, 0.29) is 11.0 Å². The van der Waals surface area contributed by atoms with E-state index in [1.807, 2.05) is 78.9 Å². The summed E-state index contributed by atoms with van der Waals surface area (Å²) >= 11 is 5.30. The second-order valence-electron chi connectivity index (χ2n) is 6.46. The smallest absolute Gasteiger partial charge is 0.259 e. The van der Waals surface area contributed by atoms with Crippen LogP contribution in [0.1, 0.15) is 15.9 Å². The van der Waals surface area contributed by atoms with Crippen LogP contribution in [0.15, 0.2) is 85.1 Å². The van der Waals surface area contributed by atoms with E-state index in [0.29, 0.717) is 17.9 Å². The number of nitrogens with one attached hydrogen (secondary N) is 3. The van der Waals surface area contributed by atoms with E-state index in [2.05, 4.69) is 15.6 Å². The third-order valence-corrected chi connectivity index (χ3v) is 4.61. The maximum atomic E-state index is 12.6. The average Bonchev–Trinajstić information content (AvgIpc) is 3.17. The molecule has 5 nitrogen and oxygen atoms in total. The van der Waals surface area contributed by atoms with E-state index in [0.717, 1.165) is 22.2 Å². The molecule has 29 heavy (non-hydrogen) atoms. The molecule has 0 fully saturated rings. The summed E-state index contributed by atoms with van der Waals surface area (Å²) in [6.07, 6.45) is 1.68. The Balaban J connectivity index is 1.37. The van der Waals surface area contributed by atoms with Crippen LogP contribution in [0.4, 0.5) is 5.69 Å². The molecule has 3 N–H and O–H groups in total. The van der Waals surface area contributed by atoms with Crippen molar-refractivity contribution in [2.24, 2.45) is 0 Å². The first-order valence-corrected chi connectivity index (χ1v) is 9.55. The van der Waals surface area contributed by atoms with Crippen LogP contribution in [0.5, 0.6) is 5.75 Å². The molecule has 1 aromatic heterocycles. The third kappa shape index (κ3) is 4.62. The standard InChI is InChI=1S/C23H19N3O2S/c27-22(20-14-24-21-12-5-4-11-19(20)21)26-23(29)25-17-9-6-10-18(13-17)28-15-16-7-2-1-3-8-16/h1-14,24H,15H2,(H2,25,26,27,29). The van der Waals surface area contributed by atoms with Gasteiger partial charge in [-0.15, -0.1) is 0 Å². The molecule has 3 aromatic carbocycles. The van der Waals surface area contributed by atoms with Gasteiger partial charge in [0, 0.05) is 28.9 Å². The number of anilines is 1. The van der Waals surface area contributed by atoms with Crippen molar-refractivity contribution in [1.82, 2.24) is 10.3 Å². The summed E-state index contributed by atoms with van der Waals surface area (Å²) in [6.45, 7) is 0.478. The fraction of sp³-hybridized carbons (Fsp3) is 0.0435. The summed E-state index contributed by atoms with van der Waals surface area (Å²) in [4.78, 5) is 15.6. The normalized spacial score (nSPS) is 10.5. The third-order valence-electron chi connectivity index (χ3n) is 4.40. The monoisotopic (exact) mass is 401 g/mol.